The van der Waals surface area contributed by atoms with Crippen molar-refractivity contribution in [3.8, 4) is 0 Å². The smallest absolute Gasteiger partial charge is 0.276 e. The summed E-state index contributed by atoms with van der Waals surface area (Å²) >= 11 is 0. The maximum Gasteiger partial charge on any atom is 0.276 e. The lowest BCUT2D eigenvalue weighted by atomic mass is 10.4. The number of aromatic nitrogens is 4. The highest BCUT2D eigenvalue weighted by molar-refractivity contribution is 5.42. The van der Waals surface area contributed by atoms with Gasteiger partial charge in [-0.05, 0) is 12.1 Å². The molecule has 0 saturated carbocycles. The van der Waals surface area contributed by atoms with Crippen LogP contribution in [0.1, 0.15) is 0 Å². The van der Waals surface area contributed by atoms with E-state index in [4.69, 9.17) is 5.73 Å². The second kappa shape index (κ2) is 4.69. The second-order valence-electron chi connectivity index (χ2n) is 4.45. The van der Waals surface area contributed by atoms with Gasteiger partial charge in [0.25, 0.3) is 11.1 Å². The fourth-order valence-corrected chi connectivity index (χ4v) is 2.08. The molecule has 0 unspecified atom stereocenters. The zero-order chi connectivity index (χ0) is 14.1. The molecule has 0 bridgehead atoms. The Labute approximate surface area is 113 Å². The molecule has 7 heteroatoms. The monoisotopic (exact) mass is 271 g/mol. The molecule has 3 aromatic heterocycles. The molecule has 0 amide bonds. The first-order valence-electron chi connectivity index (χ1n) is 6.14. The summed E-state index contributed by atoms with van der Waals surface area (Å²) in [5, 5.41) is 4.00. The molecule has 3 heterocycles. The summed E-state index contributed by atoms with van der Waals surface area (Å²) in [5.74, 6) is 0. The summed E-state index contributed by atoms with van der Waals surface area (Å²) in [7, 11) is 0. The summed E-state index contributed by atoms with van der Waals surface area (Å²) < 4.78 is 4.56. The van der Waals surface area contributed by atoms with E-state index in [1.807, 2.05) is 0 Å². The molecule has 0 aliphatic heterocycles. The summed E-state index contributed by atoms with van der Waals surface area (Å²) in [6.07, 6.45) is 6.51. The lowest BCUT2D eigenvalue weighted by Gasteiger charge is -2.08. The predicted octanol–water partition coefficient (Wildman–Crippen LogP) is -0.0599. The molecule has 0 aliphatic rings. The Morgan fingerprint density at radius 3 is 2.70 bits per heavy atom. The summed E-state index contributed by atoms with van der Waals surface area (Å²) in [6, 6.07) is 4.63. The molecule has 7 nitrogen and oxygen atoms in total. The van der Waals surface area contributed by atoms with Gasteiger partial charge in [0.05, 0.1) is 6.20 Å². The number of fused-ring (bicyclic) bond motifs is 1. The summed E-state index contributed by atoms with van der Waals surface area (Å²) in [6.45, 7) is 0.776. The standard InChI is InChI=1S/C13H13N5O2/c14-10-1-2-12(19)17(9-10)6-5-16-7-8-18-11(13(16)20)3-4-15-18/h1-4,7-9H,5-6,14H2. The van der Waals surface area contributed by atoms with E-state index in [1.54, 1.807) is 41.5 Å². The van der Waals surface area contributed by atoms with Gasteiger partial charge in [0, 0.05) is 43.4 Å². The van der Waals surface area contributed by atoms with Crippen LogP contribution in [-0.4, -0.2) is 18.7 Å². The molecule has 2 N–H and O–H groups in total. The average Bonchev–Trinajstić information content (AvgIpc) is 2.91. The Kier molecular flexibility index (Phi) is 2.86. The maximum absolute atomic E-state index is 12.2. The quantitative estimate of drug-likeness (QED) is 0.723. The van der Waals surface area contributed by atoms with Gasteiger partial charge >= 0.3 is 0 Å². The van der Waals surface area contributed by atoms with E-state index in [0.717, 1.165) is 0 Å². The Bertz CT molecular complexity index is 874. The number of nitrogen functional groups attached to an aromatic ring is 1. The molecule has 0 radical (unpaired) electrons. The van der Waals surface area contributed by atoms with Crippen LogP contribution in [0.4, 0.5) is 5.69 Å². The third-order valence-corrected chi connectivity index (χ3v) is 3.13. The minimum atomic E-state index is -0.141. The highest BCUT2D eigenvalue weighted by atomic mass is 16.1. The topological polar surface area (TPSA) is 87.3 Å². The predicted molar refractivity (Wildman–Crippen MR) is 74.6 cm³/mol. The molecule has 0 saturated heterocycles. The van der Waals surface area contributed by atoms with Crippen molar-refractivity contribution < 1.29 is 0 Å². The molecule has 20 heavy (non-hydrogen) atoms. The van der Waals surface area contributed by atoms with Gasteiger partial charge in [-0.2, -0.15) is 5.10 Å². The second-order valence-corrected chi connectivity index (χ2v) is 4.45. The van der Waals surface area contributed by atoms with Gasteiger partial charge in [-0.15, -0.1) is 0 Å². The Hall–Kier alpha value is -2.83. The van der Waals surface area contributed by atoms with Crippen LogP contribution in [0.25, 0.3) is 5.52 Å². The normalized spacial score (nSPS) is 11.0. The van der Waals surface area contributed by atoms with Gasteiger partial charge in [0.1, 0.15) is 5.52 Å². The summed E-state index contributed by atoms with van der Waals surface area (Å²) in [5.41, 5.74) is 6.39. The molecular formula is C13H13N5O2. The van der Waals surface area contributed by atoms with Gasteiger partial charge in [-0.3, -0.25) is 9.59 Å². The molecule has 3 aromatic rings. The van der Waals surface area contributed by atoms with Crippen LogP contribution in [0.2, 0.25) is 0 Å². The average molecular weight is 271 g/mol. The molecular weight excluding hydrogens is 258 g/mol. The highest BCUT2D eigenvalue weighted by Crippen LogP contribution is 1.98. The molecule has 0 aromatic carbocycles. The number of hydrogen-bond donors (Lipinski definition) is 1. The van der Waals surface area contributed by atoms with Gasteiger partial charge in [0.15, 0.2) is 0 Å². The van der Waals surface area contributed by atoms with Crippen molar-refractivity contribution in [2.75, 3.05) is 5.73 Å². The molecule has 102 valence electrons. The van der Waals surface area contributed by atoms with E-state index in [-0.39, 0.29) is 11.1 Å². The number of nitrogens with zero attached hydrogens (tertiary/aromatic N) is 4. The number of aryl methyl sites for hydroxylation is 2. The summed E-state index contributed by atoms with van der Waals surface area (Å²) in [4.78, 5) is 23.8. The van der Waals surface area contributed by atoms with E-state index in [2.05, 4.69) is 5.10 Å². The zero-order valence-corrected chi connectivity index (χ0v) is 10.6. The number of hydrogen-bond acceptors (Lipinski definition) is 4. The van der Waals surface area contributed by atoms with Crippen LogP contribution in [0.3, 0.4) is 0 Å². The van der Waals surface area contributed by atoms with Gasteiger partial charge in [-0.25, -0.2) is 4.52 Å². The third kappa shape index (κ3) is 2.09. The highest BCUT2D eigenvalue weighted by Gasteiger charge is 2.04. The fourth-order valence-electron chi connectivity index (χ4n) is 2.08. The number of anilines is 1. The van der Waals surface area contributed by atoms with Crippen LogP contribution >= 0.6 is 0 Å². The van der Waals surface area contributed by atoms with Crippen LogP contribution in [0, 0.1) is 0 Å². The van der Waals surface area contributed by atoms with Crippen LogP contribution in [0.15, 0.2) is 52.6 Å². The fraction of sp³-hybridized carbons (Fsp3) is 0.154. The van der Waals surface area contributed by atoms with Crippen LogP contribution in [0.5, 0.6) is 0 Å². The lowest BCUT2D eigenvalue weighted by molar-refractivity contribution is 0.552. The van der Waals surface area contributed by atoms with Crippen molar-refractivity contribution in [2.24, 2.45) is 0 Å². The van der Waals surface area contributed by atoms with Crippen molar-refractivity contribution in [2.45, 2.75) is 13.1 Å². The SMILES string of the molecule is Nc1ccc(=O)n(CCn2ccn3nccc3c2=O)c1. The van der Waals surface area contributed by atoms with E-state index in [1.165, 1.54) is 15.1 Å². The lowest BCUT2D eigenvalue weighted by Crippen LogP contribution is -2.27. The zero-order valence-electron chi connectivity index (χ0n) is 10.6. The first kappa shape index (κ1) is 12.2. The van der Waals surface area contributed by atoms with Crippen molar-refractivity contribution in [1.82, 2.24) is 18.7 Å². The molecule has 0 aliphatic carbocycles. The molecule has 0 fully saturated rings. The van der Waals surface area contributed by atoms with E-state index >= 15 is 0 Å². The first-order chi connectivity index (χ1) is 9.65. The van der Waals surface area contributed by atoms with Crippen molar-refractivity contribution >= 4 is 11.2 Å². The van der Waals surface area contributed by atoms with Crippen molar-refractivity contribution in [3.63, 3.8) is 0 Å². The largest absolute Gasteiger partial charge is 0.398 e. The van der Waals surface area contributed by atoms with E-state index in [0.29, 0.717) is 24.3 Å². The van der Waals surface area contributed by atoms with Gasteiger partial charge < -0.3 is 14.9 Å². The number of rotatable bonds is 3. The Morgan fingerprint density at radius 2 is 1.85 bits per heavy atom. The van der Waals surface area contributed by atoms with Gasteiger partial charge in [0.2, 0.25) is 0 Å². The number of pyridine rings is 1. The van der Waals surface area contributed by atoms with Crippen LogP contribution in [-0.2, 0) is 13.1 Å². The van der Waals surface area contributed by atoms with E-state index in [9.17, 15) is 9.59 Å². The minimum absolute atomic E-state index is 0.137. The van der Waals surface area contributed by atoms with E-state index < -0.39 is 0 Å². The maximum atomic E-state index is 12.2. The Morgan fingerprint density at radius 1 is 1.05 bits per heavy atom. The van der Waals surface area contributed by atoms with Crippen molar-refractivity contribution in [3.05, 3.63) is 63.7 Å². The minimum Gasteiger partial charge on any atom is -0.398 e. The molecule has 3 rings (SSSR count). The third-order valence-electron chi connectivity index (χ3n) is 3.13. The molecule has 0 spiro atoms. The van der Waals surface area contributed by atoms with Crippen molar-refractivity contribution in [1.29, 1.82) is 0 Å². The first-order valence-corrected chi connectivity index (χ1v) is 6.14. The number of nitrogens with two attached hydrogens (primary N) is 1. The Balaban J connectivity index is 1.90. The molecule has 0 atom stereocenters. The van der Waals surface area contributed by atoms with Gasteiger partial charge in [-0.1, -0.05) is 0 Å². The van der Waals surface area contributed by atoms with Crippen LogP contribution < -0.4 is 16.9 Å².